The average Bonchev–Trinajstić information content (AvgIpc) is 2.55. The lowest BCUT2D eigenvalue weighted by Gasteiger charge is -2.20. The van der Waals surface area contributed by atoms with Gasteiger partial charge in [0.1, 0.15) is 0 Å². The topological polar surface area (TPSA) is 40.5 Å². The number of carboxylic acid groups (broad SMARTS) is 1. The molecule has 0 fully saturated rings. The Bertz CT molecular complexity index is 362. The van der Waals surface area contributed by atoms with Crippen LogP contribution in [0.3, 0.4) is 0 Å². The highest BCUT2D eigenvalue weighted by atomic mass is 16.4. The molecule has 0 saturated heterocycles. The van der Waals surface area contributed by atoms with Crippen molar-refractivity contribution >= 4 is 11.8 Å². The van der Waals surface area contributed by atoms with Crippen LogP contribution in [0.15, 0.2) is 18.2 Å². The number of nitrogens with zero attached hydrogens (tertiary/aromatic N) is 1. The van der Waals surface area contributed by atoms with Crippen LogP contribution in [0, 0.1) is 6.07 Å². The van der Waals surface area contributed by atoms with Crippen molar-refractivity contribution in [2.75, 3.05) is 4.90 Å². The molecule has 1 aliphatic heterocycles. The highest BCUT2D eigenvalue weighted by Gasteiger charge is 2.32. The molecule has 1 N–H and O–H groups in total. The zero-order chi connectivity index (χ0) is 10.1. The second kappa shape index (κ2) is 3.33. The molecule has 1 unspecified atom stereocenters. The molecule has 1 aromatic rings. The minimum absolute atomic E-state index is 0.0844. The van der Waals surface area contributed by atoms with Gasteiger partial charge in [-0.2, -0.15) is 0 Å². The Morgan fingerprint density at radius 2 is 2.57 bits per heavy atom. The lowest BCUT2D eigenvalue weighted by atomic mass is 10.1. The molecular formula is C11H12NO2. The first kappa shape index (κ1) is 9.06. The summed E-state index contributed by atoms with van der Waals surface area (Å²) in [4.78, 5) is 12.5. The van der Waals surface area contributed by atoms with Crippen LogP contribution in [0.25, 0.3) is 0 Å². The SMILES string of the molecule is CCC1Cc2[c]cccc2N1C(=O)O. The summed E-state index contributed by atoms with van der Waals surface area (Å²) < 4.78 is 0. The summed E-state index contributed by atoms with van der Waals surface area (Å²) in [7, 11) is 0. The van der Waals surface area contributed by atoms with E-state index in [2.05, 4.69) is 6.07 Å². The monoisotopic (exact) mass is 190 g/mol. The summed E-state index contributed by atoms with van der Waals surface area (Å²) in [6.07, 6.45) is 0.767. The van der Waals surface area contributed by atoms with E-state index in [1.165, 1.54) is 4.90 Å². The maximum atomic E-state index is 11.0. The van der Waals surface area contributed by atoms with Gasteiger partial charge < -0.3 is 5.11 Å². The number of hydrogen-bond donors (Lipinski definition) is 1. The van der Waals surface area contributed by atoms with Gasteiger partial charge in [0.15, 0.2) is 0 Å². The molecule has 14 heavy (non-hydrogen) atoms. The Morgan fingerprint density at radius 1 is 1.79 bits per heavy atom. The molecule has 0 aliphatic carbocycles. The number of anilines is 1. The second-order valence-electron chi connectivity index (χ2n) is 3.45. The van der Waals surface area contributed by atoms with Crippen molar-refractivity contribution in [2.24, 2.45) is 0 Å². The third kappa shape index (κ3) is 1.25. The fourth-order valence-corrected chi connectivity index (χ4v) is 1.96. The van der Waals surface area contributed by atoms with Gasteiger partial charge in [0.05, 0.1) is 5.69 Å². The first-order chi connectivity index (χ1) is 6.74. The summed E-state index contributed by atoms with van der Waals surface area (Å²) >= 11 is 0. The van der Waals surface area contributed by atoms with Crippen molar-refractivity contribution in [1.82, 2.24) is 0 Å². The highest BCUT2D eigenvalue weighted by Crippen LogP contribution is 2.32. The number of amides is 1. The predicted molar refractivity (Wildman–Crippen MR) is 53.6 cm³/mol. The summed E-state index contributed by atoms with van der Waals surface area (Å²) in [6, 6.07) is 8.68. The largest absolute Gasteiger partial charge is 0.465 e. The van der Waals surface area contributed by atoms with Crippen molar-refractivity contribution in [3.05, 3.63) is 29.8 Å². The number of rotatable bonds is 1. The quantitative estimate of drug-likeness (QED) is 0.738. The molecule has 1 atom stereocenters. The van der Waals surface area contributed by atoms with Crippen LogP contribution in [0.2, 0.25) is 0 Å². The van der Waals surface area contributed by atoms with Crippen LogP contribution >= 0.6 is 0 Å². The fourth-order valence-electron chi connectivity index (χ4n) is 1.96. The molecule has 0 bridgehead atoms. The smallest absolute Gasteiger partial charge is 0.412 e. The second-order valence-corrected chi connectivity index (χ2v) is 3.45. The average molecular weight is 190 g/mol. The normalized spacial score (nSPS) is 19.5. The van der Waals surface area contributed by atoms with E-state index in [9.17, 15) is 4.79 Å². The van der Waals surface area contributed by atoms with Crippen LogP contribution in [0.1, 0.15) is 18.9 Å². The van der Waals surface area contributed by atoms with Gasteiger partial charge in [0, 0.05) is 6.04 Å². The number of hydrogen-bond acceptors (Lipinski definition) is 1. The molecule has 1 amide bonds. The Balaban J connectivity index is 2.42. The lowest BCUT2D eigenvalue weighted by Crippen LogP contribution is -2.35. The van der Waals surface area contributed by atoms with Crippen LogP contribution in [-0.4, -0.2) is 17.2 Å². The molecule has 0 aromatic heterocycles. The zero-order valence-corrected chi connectivity index (χ0v) is 8.03. The third-order valence-corrected chi connectivity index (χ3v) is 2.66. The number of fused-ring (bicyclic) bond motifs is 1. The number of carbonyl (C=O) groups is 1. The van der Waals surface area contributed by atoms with Crippen molar-refractivity contribution < 1.29 is 9.90 Å². The Kier molecular flexibility index (Phi) is 2.15. The highest BCUT2D eigenvalue weighted by molar-refractivity contribution is 5.89. The first-order valence-corrected chi connectivity index (χ1v) is 4.75. The van der Waals surface area contributed by atoms with Crippen LogP contribution in [0.4, 0.5) is 10.5 Å². The molecule has 73 valence electrons. The first-order valence-electron chi connectivity index (χ1n) is 4.75. The molecule has 0 spiro atoms. The molecule has 2 rings (SSSR count). The van der Waals surface area contributed by atoms with Crippen LogP contribution < -0.4 is 4.90 Å². The van der Waals surface area contributed by atoms with Gasteiger partial charge in [0.2, 0.25) is 0 Å². The molecular weight excluding hydrogens is 178 g/mol. The van der Waals surface area contributed by atoms with Gasteiger partial charge in [-0.3, -0.25) is 4.90 Å². The maximum absolute atomic E-state index is 11.0. The van der Waals surface area contributed by atoms with Gasteiger partial charge >= 0.3 is 6.09 Å². The van der Waals surface area contributed by atoms with E-state index in [1.54, 1.807) is 0 Å². The van der Waals surface area contributed by atoms with Crippen molar-refractivity contribution in [1.29, 1.82) is 0 Å². The summed E-state index contributed by atoms with van der Waals surface area (Å²) in [5.41, 5.74) is 1.81. The minimum Gasteiger partial charge on any atom is -0.465 e. The Morgan fingerprint density at radius 3 is 3.21 bits per heavy atom. The van der Waals surface area contributed by atoms with Crippen LogP contribution in [0.5, 0.6) is 0 Å². The van der Waals surface area contributed by atoms with Gasteiger partial charge in [-0.05, 0) is 30.5 Å². The van der Waals surface area contributed by atoms with E-state index in [1.807, 2.05) is 25.1 Å². The molecule has 0 saturated carbocycles. The van der Waals surface area contributed by atoms with Crippen molar-refractivity contribution in [3.8, 4) is 0 Å². The van der Waals surface area contributed by atoms with E-state index in [0.29, 0.717) is 0 Å². The molecule has 3 heteroatoms. The molecule has 1 radical (unpaired) electrons. The molecule has 1 aliphatic rings. The van der Waals surface area contributed by atoms with E-state index >= 15 is 0 Å². The standard InChI is InChI=1S/C11H12NO2/c1-2-9-7-8-5-3-4-6-10(8)12(9)11(13)14/h3-4,6,9H,2,7H2,1H3,(H,13,14). The van der Waals surface area contributed by atoms with Gasteiger partial charge in [-0.1, -0.05) is 19.1 Å². The van der Waals surface area contributed by atoms with E-state index in [-0.39, 0.29) is 6.04 Å². The van der Waals surface area contributed by atoms with Gasteiger partial charge in [0.25, 0.3) is 0 Å². The van der Waals surface area contributed by atoms with Gasteiger partial charge in [-0.15, -0.1) is 0 Å². The maximum Gasteiger partial charge on any atom is 0.412 e. The fraction of sp³-hybridized carbons (Fsp3) is 0.364. The van der Waals surface area contributed by atoms with E-state index in [4.69, 9.17) is 5.11 Å². The third-order valence-electron chi connectivity index (χ3n) is 2.66. The molecule has 1 aromatic carbocycles. The lowest BCUT2D eigenvalue weighted by molar-refractivity contribution is 0.199. The Hall–Kier alpha value is -1.51. The van der Waals surface area contributed by atoms with Crippen LogP contribution in [-0.2, 0) is 6.42 Å². The summed E-state index contributed by atoms with van der Waals surface area (Å²) in [6.45, 7) is 2.01. The molecule has 1 heterocycles. The minimum atomic E-state index is -0.866. The van der Waals surface area contributed by atoms with E-state index in [0.717, 1.165) is 24.1 Å². The number of benzene rings is 1. The van der Waals surface area contributed by atoms with Gasteiger partial charge in [-0.25, -0.2) is 4.79 Å². The van der Waals surface area contributed by atoms with Crippen molar-refractivity contribution in [2.45, 2.75) is 25.8 Å². The van der Waals surface area contributed by atoms with E-state index < -0.39 is 6.09 Å². The zero-order valence-electron chi connectivity index (χ0n) is 8.03. The predicted octanol–water partition coefficient (Wildman–Crippen LogP) is 2.31. The van der Waals surface area contributed by atoms with Crippen molar-refractivity contribution in [3.63, 3.8) is 0 Å². The summed E-state index contributed by atoms with van der Waals surface area (Å²) in [5.74, 6) is 0. The molecule has 3 nitrogen and oxygen atoms in total. The Labute approximate surface area is 83.0 Å². The summed E-state index contributed by atoms with van der Waals surface area (Å²) in [5, 5.41) is 9.07.